The number of hydrogen-bond donors (Lipinski definition) is 0. The monoisotopic (exact) mass is 288 g/mol. The van der Waals surface area contributed by atoms with Gasteiger partial charge in [-0.2, -0.15) is 0 Å². The van der Waals surface area contributed by atoms with Crippen LogP contribution >= 0.6 is 0 Å². The molecule has 21 heavy (non-hydrogen) atoms. The van der Waals surface area contributed by atoms with E-state index in [2.05, 4.69) is 26.0 Å². The molecule has 0 amide bonds. The Bertz CT molecular complexity index is 274. The fraction of sp³-hybridized carbons (Fsp3) is 0.810. The minimum Gasteiger partial charge on any atom is -0.0885 e. The molecule has 0 heterocycles. The normalized spacial score (nSPS) is 24.1. The maximum atomic E-state index is 2.48. The first-order chi connectivity index (χ1) is 10.3. The molecule has 0 aromatic carbocycles. The van der Waals surface area contributed by atoms with Gasteiger partial charge in [0.05, 0.1) is 0 Å². The van der Waals surface area contributed by atoms with E-state index >= 15 is 0 Å². The maximum Gasteiger partial charge on any atom is -0.0210 e. The van der Waals surface area contributed by atoms with Crippen LogP contribution in [0.2, 0.25) is 0 Å². The molecule has 120 valence electrons. The van der Waals surface area contributed by atoms with E-state index in [-0.39, 0.29) is 0 Å². The molecule has 0 spiro atoms. The highest BCUT2D eigenvalue weighted by Crippen LogP contribution is 2.44. The Hall–Kier alpha value is -0.260. The van der Waals surface area contributed by atoms with Gasteiger partial charge in [0.2, 0.25) is 0 Å². The molecule has 2 saturated carbocycles. The smallest absolute Gasteiger partial charge is 0.0210 e. The van der Waals surface area contributed by atoms with Crippen molar-refractivity contribution in [2.45, 2.75) is 97.3 Å². The molecule has 0 saturated heterocycles. The van der Waals surface area contributed by atoms with Crippen LogP contribution in [-0.2, 0) is 0 Å². The van der Waals surface area contributed by atoms with Gasteiger partial charge in [-0.3, -0.25) is 0 Å². The van der Waals surface area contributed by atoms with E-state index in [1.165, 1.54) is 83.5 Å². The first-order valence-corrected chi connectivity index (χ1v) is 9.68. The Balaban J connectivity index is 1.63. The Kier molecular flexibility index (Phi) is 7.89. The molecule has 0 aromatic heterocycles. The Morgan fingerprint density at radius 3 is 2.24 bits per heavy atom. The van der Waals surface area contributed by atoms with E-state index in [1.54, 1.807) is 0 Å². The molecule has 0 N–H and O–H groups in total. The summed E-state index contributed by atoms with van der Waals surface area (Å²) >= 11 is 0. The summed E-state index contributed by atoms with van der Waals surface area (Å²) in [5.74, 6) is 5.69. The highest BCUT2D eigenvalue weighted by Gasteiger charge is 2.30. The van der Waals surface area contributed by atoms with Crippen molar-refractivity contribution in [2.24, 2.45) is 11.8 Å². The van der Waals surface area contributed by atoms with Crippen molar-refractivity contribution in [3.8, 4) is 0 Å². The quantitative estimate of drug-likeness (QED) is 0.347. The van der Waals surface area contributed by atoms with E-state index in [4.69, 9.17) is 0 Å². The molecular formula is C21H36. The van der Waals surface area contributed by atoms with Gasteiger partial charge in [0, 0.05) is 0 Å². The lowest BCUT2D eigenvalue weighted by Crippen LogP contribution is -2.23. The Labute approximate surface area is 133 Å². The van der Waals surface area contributed by atoms with Crippen molar-refractivity contribution in [3.63, 3.8) is 0 Å². The first kappa shape index (κ1) is 17.1. The summed E-state index contributed by atoms with van der Waals surface area (Å²) in [5, 5.41) is 0. The predicted octanol–water partition coefficient (Wildman–Crippen LogP) is 7.06. The molecule has 0 atom stereocenters. The third kappa shape index (κ3) is 5.80. The molecule has 2 aliphatic rings. The fourth-order valence-electron chi connectivity index (χ4n) is 4.25. The second-order valence-electron chi connectivity index (χ2n) is 7.31. The molecule has 2 radical (unpaired) electrons. The number of unbranched alkanes of at least 4 members (excludes halogenated alkanes) is 2. The zero-order valence-electron chi connectivity index (χ0n) is 14.5. The molecule has 0 aromatic rings. The highest BCUT2D eigenvalue weighted by atomic mass is 14.4. The molecule has 2 aliphatic carbocycles. The first-order valence-electron chi connectivity index (χ1n) is 9.68. The molecule has 0 unspecified atom stereocenters. The van der Waals surface area contributed by atoms with Gasteiger partial charge in [-0.05, 0) is 87.9 Å². The van der Waals surface area contributed by atoms with Crippen LogP contribution in [0.15, 0.2) is 12.2 Å². The second kappa shape index (κ2) is 9.70. The lowest BCUT2D eigenvalue weighted by atomic mass is 9.68. The zero-order chi connectivity index (χ0) is 14.9. The average Bonchev–Trinajstić information content (AvgIpc) is 2.54. The summed E-state index contributed by atoms with van der Waals surface area (Å²) < 4.78 is 0. The van der Waals surface area contributed by atoms with Crippen molar-refractivity contribution in [1.29, 1.82) is 0 Å². The summed E-state index contributed by atoms with van der Waals surface area (Å²) in [6.45, 7) is 4.55. The van der Waals surface area contributed by atoms with Crippen LogP contribution in [-0.4, -0.2) is 0 Å². The lowest BCUT2D eigenvalue weighted by molar-refractivity contribution is 0.309. The van der Waals surface area contributed by atoms with Gasteiger partial charge in [-0.25, -0.2) is 0 Å². The fourth-order valence-corrected chi connectivity index (χ4v) is 4.25. The molecule has 2 rings (SSSR count). The summed E-state index contributed by atoms with van der Waals surface area (Å²) in [6, 6.07) is 0. The Morgan fingerprint density at radius 1 is 0.905 bits per heavy atom. The minimum absolute atomic E-state index is 0.883. The van der Waals surface area contributed by atoms with Crippen LogP contribution in [0.4, 0.5) is 0 Å². The van der Waals surface area contributed by atoms with Gasteiger partial charge in [-0.15, -0.1) is 0 Å². The number of hydrogen-bond acceptors (Lipinski definition) is 0. The summed E-state index contributed by atoms with van der Waals surface area (Å²) in [4.78, 5) is 0. The summed E-state index contributed by atoms with van der Waals surface area (Å²) in [6.07, 6.45) is 23.3. The molecule has 0 aliphatic heterocycles. The molecule has 2 fully saturated rings. The van der Waals surface area contributed by atoms with E-state index in [0.717, 1.165) is 11.8 Å². The van der Waals surface area contributed by atoms with Crippen molar-refractivity contribution < 1.29 is 0 Å². The van der Waals surface area contributed by atoms with E-state index in [1.807, 2.05) is 11.8 Å². The van der Waals surface area contributed by atoms with Gasteiger partial charge in [0.1, 0.15) is 0 Å². The van der Waals surface area contributed by atoms with Gasteiger partial charge in [0.15, 0.2) is 0 Å². The van der Waals surface area contributed by atoms with Crippen molar-refractivity contribution >= 4 is 0 Å². The maximum absolute atomic E-state index is 2.48. The highest BCUT2D eigenvalue weighted by molar-refractivity contribution is 5.07. The third-order valence-electron chi connectivity index (χ3n) is 5.72. The van der Waals surface area contributed by atoms with Gasteiger partial charge < -0.3 is 0 Å². The topological polar surface area (TPSA) is 0 Å². The average molecular weight is 289 g/mol. The van der Waals surface area contributed by atoms with Gasteiger partial charge in [-0.1, -0.05) is 45.3 Å². The van der Waals surface area contributed by atoms with Crippen LogP contribution < -0.4 is 0 Å². The van der Waals surface area contributed by atoms with Crippen molar-refractivity contribution in [2.75, 3.05) is 0 Å². The summed E-state index contributed by atoms with van der Waals surface area (Å²) in [5.41, 5.74) is 0. The van der Waals surface area contributed by atoms with Crippen molar-refractivity contribution in [1.82, 2.24) is 0 Å². The van der Waals surface area contributed by atoms with Crippen molar-refractivity contribution in [3.05, 3.63) is 24.0 Å². The van der Waals surface area contributed by atoms with Gasteiger partial charge in [0.25, 0.3) is 0 Å². The largest absolute Gasteiger partial charge is 0.0885 e. The van der Waals surface area contributed by atoms with Gasteiger partial charge >= 0.3 is 0 Å². The molecule has 0 heteroatoms. The van der Waals surface area contributed by atoms with E-state index < -0.39 is 0 Å². The third-order valence-corrected chi connectivity index (χ3v) is 5.72. The van der Waals surface area contributed by atoms with Crippen LogP contribution in [0.25, 0.3) is 0 Å². The Morgan fingerprint density at radius 2 is 1.62 bits per heavy atom. The SMILES string of the molecule is CC/C=C/C1CC[C](C2CC[C](CCCCC)CC2)CC1. The van der Waals surface area contributed by atoms with Crippen LogP contribution in [0.3, 0.4) is 0 Å². The lowest BCUT2D eigenvalue weighted by Gasteiger charge is -2.37. The van der Waals surface area contributed by atoms with Crippen LogP contribution in [0, 0.1) is 23.7 Å². The standard InChI is InChI=1S/C21H36/c1-3-5-7-9-19-12-16-21(17-13-19)20-14-10-18(11-15-20)8-6-4-2/h6,8,18,21H,3-5,7,9-17H2,1-2H3/b8-6+. The van der Waals surface area contributed by atoms with E-state index in [0.29, 0.717) is 0 Å². The van der Waals surface area contributed by atoms with E-state index in [9.17, 15) is 0 Å². The molecular weight excluding hydrogens is 252 g/mol. The predicted molar refractivity (Wildman–Crippen MR) is 94.0 cm³/mol. The van der Waals surface area contributed by atoms with Crippen LogP contribution in [0.1, 0.15) is 97.3 Å². The minimum atomic E-state index is 0.883. The second-order valence-corrected chi connectivity index (χ2v) is 7.31. The molecule has 0 nitrogen and oxygen atoms in total. The zero-order valence-corrected chi connectivity index (χ0v) is 14.5. The number of rotatable bonds is 7. The summed E-state index contributed by atoms with van der Waals surface area (Å²) in [7, 11) is 0. The molecule has 0 bridgehead atoms. The van der Waals surface area contributed by atoms with Crippen LogP contribution in [0.5, 0.6) is 0 Å². The number of allylic oxidation sites excluding steroid dienone is 2.